The maximum Gasteiger partial charge on any atom is 0.320 e. The van der Waals surface area contributed by atoms with Gasteiger partial charge in [0.15, 0.2) is 5.82 Å². The van der Waals surface area contributed by atoms with E-state index in [1.807, 2.05) is 20.8 Å². The van der Waals surface area contributed by atoms with E-state index in [4.69, 9.17) is 0 Å². The highest BCUT2D eigenvalue weighted by atomic mass is 19.1. The lowest BCUT2D eigenvalue weighted by atomic mass is 9.89. The third kappa shape index (κ3) is 5.56. The molecule has 0 saturated heterocycles. The van der Waals surface area contributed by atoms with Crippen molar-refractivity contribution in [2.75, 3.05) is 18.5 Å². The van der Waals surface area contributed by atoms with Gasteiger partial charge in [-0.3, -0.25) is 5.32 Å². The number of benzene rings is 1. The van der Waals surface area contributed by atoms with Crippen molar-refractivity contribution in [2.24, 2.45) is 5.41 Å². The van der Waals surface area contributed by atoms with Gasteiger partial charge in [-0.25, -0.2) is 13.9 Å². The SMILES string of the molecule is Cc1cc(NC(=O)NCCCC(C)(C)CO)nn1-c1ccc(F)cc1. The minimum absolute atomic E-state index is 0.124. The molecule has 0 aliphatic carbocycles. The predicted molar refractivity (Wildman–Crippen MR) is 95.4 cm³/mol. The van der Waals surface area contributed by atoms with Crippen LogP contribution in [0.2, 0.25) is 0 Å². The molecule has 2 amide bonds. The van der Waals surface area contributed by atoms with Gasteiger partial charge in [-0.2, -0.15) is 0 Å². The minimum atomic E-state index is -0.328. The number of carbonyl (C=O) groups excluding carboxylic acids is 1. The number of nitrogens with zero attached hydrogens (tertiary/aromatic N) is 2. The molecule has 0 fully saturated rings. The normalized spacial score (nSPS) is 11.4. The average molecular weight is 348 g/mol. The van der Waals surface area contributed by atoms with Gasteiger partial charge < -0.3 is 10.4 Å². The third-order valence-electron chi connectivity index (χ3n) is 3.94. The molecule has 136 valence electrons. The molecule has 6 nitrogen and oxygen atoms in total. The van der Waals surface area contributed by atoms with E-state index in [9.17, 15) is 14.3 Å². The van der Waals surface area contributed by atoms with Crippen LogP contribution in [0.5, 0.6) is 0 Å². The van der Waals surface area contributed by atoms with Gasteiger partial charge in [0, 0.05) is 24.9 Å². The molecule has 0 atom stereocenters. The van der Waals surface area contributed by atoms with Crippen LogP contribution < -0.4 is 10.6 Å². The molecule has 0 aliphatic heterocycles. The molecule has 1 heterocycles. The molecule has 0 saturated carbocycles. The Kier molecular flexibility index (Phi) is 6.14. The number of amides is 2. The minimum Gasteiger partial charge on any atom is -0.396 e. The Labute approximate surface area is 147 Å². The van der Waals surface area contributed by atoms with Crippen LogP contribution in [0.3, 0.4) is 0 Å². The number of urea groups is 1. The summed E-state index contributed by atoms with van der Waals surface area (Å²) in [6.45, 7) is 6.47. The number of nitrogens with one attached hydrogen (secondary N) is 2. The number of rotatable bonds is 7. The highest BCUT2D eigenvalue weighted by molar-refractivity contribution is 5.88. The smallest absolute Gasteiger partial charge is 0.320 e. The van der Waals surface area contributed by atoms with Gasteiger partial charge >= 0.3 is 6.03 Å². The first-order chi connectivity index (χ1) is 11.8. The lowest BCUT2D eigenvalue weighted by molar-refractivity contribution is 0.148. The summed E-state index contributed by atoms with van der Waals surface area (Å²) in [5, 5.41) is 19.0. The average Bonchev–Trinajstić information content (AvgIpc) is 2.92. The number of hydrogen-bond donors (Lipinski definition) is 3. The molecule has 1 aromatic carbocycles. The zero-order valence-corrected chi connectivity index (χ0v) is 14.8. The van der Waals surface area contributed by atoms with Crippen molar-refractivity contribution < 1.29 is 14.3 Å². The number of aryl methyl sites for hydroxylation is 1. The van der Waals surface area contributed by atoms with E-state index in [1.54, 1.807) is 22.9 Å². The van der Waals surface area contributed by atoms with Crippen molar-refractivity contribution in [3.8, 4) is 5.69 Å². The van der Waals surface area contributed by atoms with Crippen LogP contribution in [0.25, 0.3) is 5.69 Å². The van der Waals surface area contributed by atoms with Crippen LogP contribution >= 0.6 is 0 Å². The summed E-state index contributed by atoms with van der Waals surface area (Å²) >= 11 is 0. The highest BCUT2D eigenvalue weighted by Gasteiger charge is 2.15. The van der Waals surface area contributed by atoms with Crippen LogP contribution in [0, 0.1) is 18.2 Å². The number of anilines is 1. The third-order valence-corrected chi connectivity index (χ3v) is 3.94. The molecule has 3 N–H and O–H groups in total. The van der Waals surface area contributed by atoms with E-state index in [-0.39, 0.29) is 23.9 Å². The van der Waals surface area contributed by atoms with E-state index in [2.05, 4.69) is 15.7 Å². The first kappa shape index (κ1) is 18.9. The lowest BCUT2D eigenvalue weighted by Crippen LogP contribution is -2.30. The van der Waals surface area contributed by atoms with E-state index in [0.29, 0.717) is 12.4 Å². The van der Waals surface area contributed by atoms with Crippen molar-refractivity contribution in [1.82, 2.24) is 15.1 Å². The maximum atomic E-state index is 13.0. The summed E-state index contributed by atoms with van der Waals surface area (Å²) in [4.78, 5) is 11.9. The largest absolute Gasteiger partial charge is 0.396 e. The van der Waals surface area contributed by atoms with Crippen molar-refractivity contribution in [2.45, 2.75) is 33.6 Å². The number of carbonyl (C=O) groups is 1. The van der Waals surface area contributed by atoms with E-state index < -0.39 is 0 Å². The molecular weight excluding hydrogens is 323 g/mol. The second-order valence-electron chi connectivity index (χ2n) is 6.87. The summed E-state index contributed by atoms with van der Waals surface area (Å²) in [5.41, 5.74) is 1.41. The summed E-state index contributed by atoms with van der Waals surface area (Å²) in [6.07, 6.45) is 1.60. The van der Waals surface area contributed by atoms with Gasteiger partial charge in [-0.15, -0.1) is 5.10 Å². The standard InChI is InChI=1S/C18H25FN4O2/c1-13-11-16(22-23(13)15-7-5-14(19)6-8-15)21-17(25)20-10-4-9-18(2,3)12-24/h5-8,11,24H,4,9-10,12H2,1-3H3,(H2,20,21,22,25). The topological polar surface area (TPSA) is 79.2 Å². The van der Waals surface area contributed by atoms with Crippen LogP contribution in [0.15, 0.2) is 30.3 Å². The second kappa shape index (κ2) is 8.11. The Bertz CT molecular complexity index is 710. The Hall–Kier alpha value is -2.41. The molecule has 2 aromatic rings. The van der Waals surface area contributed by atoms with Gasteiger partial charge in [0.25, 0.3) is 0 Å². The van der Waals surface area contributed by atoms with Crippen LogP contribution in [0.1, 0.15) is 32.4 Å². The summed E-state index contributed by atoms with van der Waals surface area (Å²) in [6, 6.07) is 7.40. The Morgan fingerprint density at radius 3 is 2.64 bits per heavy atom. The first-order valence-electron chi connectivity index (χ1n) is 8.29. The van der Waals surface area contributed by atoms with E-state index in [1.165, 1.54) is 12.1 Å². The highest BCUT2D eigenvalue weighted by Crippen LogP contribution is 2.20. The molecule has 1 aromatic heterocycles. The molecule has 0 spiro atoms. The predicted octanol–water partition coefficient (Wildman–Crippen LogP) is 3.24. The van der Waals surface area contributed by atoms with Gasteiger partial charge in [-0.05, 0) is 49.4 Å². The van der Waals surface area contributed by atoms with Gasteiger partial charge in [0.2, 0.25) is 0 Å². The molecule has 0 aliphatic rings. The van der Waals surface area contributed by atoms with Gasteiger partial charge in [0.05, 0.1) is 5.69 Å². The fraction of sp³-hybridized carbons (Fsp3) is 0.444. The fourth-order valence-corrected chi connectivity index (χ4v) is 2.39. The number of aliphatic hydroxyl groups excluding tert-OH is 1. The molecule has 25 heavy (non-hydrogen) atoms. The second-order valence-corrected chi connectivity index (χ2v) is 6.87. The van der Waals surface area contributed by atoms with Crippen molar-refractivity contribution >= 4 is 11.8 Å². The molecule has 0 unspecified atom stereocenters. The van der Waals surface area contributed by atoms with E-state index in [0.717, 1.165) is 24.2 Å². The van der Waals surface area contributed by atoms with E-state index >= 15 is 0 Å². The monoisotopic (exact) mass is 348 g/mol. The molecule has 0 radical (unpaired) electrons. The Morgan fingerprint density at radius 1 is 1.32 bits per heavy atom. The first-order valence-corrected chi connectivity index (χ1v) is 8.29. The zero-order valence-electron chi connectivity index (χ0n) is 14.8. The number of hydrogen-bond acceptors (Lipinski definition) is 3. The summed E-state index contributed by atoms with van der Waals surface area (Å²) in [7, 11) is 0. The van der Waals surface area contributed by atoms with Crippen LogP contribution in [-0.4, -0.2) is 34.1 Å². The van der Waals surface area contributed by atoms with Crippen molar-refractivity contribution in [1.29, 1.82) is 0 Å². The van der Waals surface area contributed by atoms with Gasteiger partial charge in [0.1, 0.15) is 5.82 Å². The molecule has 7 heteroatoms. The number of aromatic nitrogens is 2. The van der Waals surface area contributed by atoms with Crippen LogP contribution in [0.4, 0.5) is 15.0 Å². The van der Waals surface area contributed by atoms with Gasteiger partial charge in [-0.1, -0.05) is 13.8 Å². The number of halogens is 1. The lowest BCUT2D eigenvalue weighted by Gasteiger charge is -2.21. The Balaban J connectivity index is 1.87. The van der Waals surface area contributed by atoms with Crippen LogP contribution in [-0.2, 0) is 0 Å². The Morgan fingerprint density at radius 2 is 2.00 bits per heavy atom. The molecule has 2 rings (SSSR count). The number of aliphatic hydroxyl groups is 1. The zero-order chi connectivity index (χ0) is 18.4. The van der Waals surface area contributed by atoms with Crippen molar-refractivity contribution in [3.05, 3.63) is 41.8 Å². The summed E-state index contributed by atoms with van der Waals surface area (Å²) in [5.74, 6) is 0.116. The fourth-order valence-electron chi connectivity index (χ4n) is 2.39. The maximum absolute atomic E-state index is 13.0. The van der Waals surface area contributed by atoms with Crippen molar-refractivity contribution in [3.63, 3.8) is 0 Å². The molecular formula is C18H25FN4O2. The quantitative estimate of drug-likeness (QED) is 0.672. The molecule has 0 bridgehead atoms. The summed E-state index contributed by atoms with van der Waals surface area (Å²) < 4.78 is 14.7.